The molecule has 354 valence electrons. The zero-order valence-electron chi connectivity index (χ0n) is 39.6. The van der Waals surface area contributed by atoms with E-state index >= 15 is 0 Å². The Morgan fingerprint density at radius 3 is 1.61 bits per heavy atom. The van der Waals surface area contributed by atoms with Gasteiger partial charge in [0.15, 0.2) is 11.9 Å². The number of quaternary nitrogens is 1. The van der Waals surface area contributed by atoms with E-state index in [0.717, 1.165) is 70.6 Å². The molecular formula is C51H87NO9P+. The van der Waals surface area contributed by atoms with Crippen molar-refractivity contribution in [3.63, 3.8) is 0 Å². The molecule has 0 aliphatic carbocycles. The quantitative estimate of drug-likeness (QED) is 0.0121. The van der Waals surface area contributed by atoms with Crippen LogP contribution in [-0.4, -0.2) is 80.7 Å². The summed E-state index contributed by atoms with van der Waals surface area (Å²) in [5.74, 6) is -1.18. The van der Waals surface area contributed by atoms with Crippen LogP contribution in [0, 0.1) is 0 Å². The number of phosphoric acid groups is 1. The molecule has 0 aromatic carbocycles. The van der Waals surface area contributed by atoms with Crippen LogP contribution in [0.5, 0.6) is 0 Å². The Bertz CT molecular complexity index is 1390. The second kappa shape index (κ2) is 41.8. The van der Waals surface area contributed by atoms with Gasteiger partial charge in [0.05, 0.1) is 27.7 Å². The van der Waals surface area contributed by atoms with E-state index in [9.17, 15) is 23.8 Å². The van der Waals surface area contributed by atoms with Crippen LogP contribution < -0.4 is 0 Å². The van der Waals surface area contributed by atoms with Gasteiger partial charge in [0, 0.05) is 19.3 Å². The molecule has 0 aliphatic rings. The van der Waals surface area contributed by atoms with Crippen molar-refractivity contribution in [2.45, 2.75) is 174 Å². The number of hydrogen-bond donors (Lipinski definition) is 1. The summed E-state index contributed by atoms with van der Waals surface area (Å²) in [7, 11) is 1.33. The number of nitrogens with zero attached hydrogens (tertiary/aromatic N) is 1. The standard InChI is InChI=1S/C51H86NO9P/c1-6-8-10-12-14-16-18-20-21-22-23-24-25-26-28-30-32-34-36-38-42-51(55)61-49(47-60-62(56,57)59-45-44-52(3,4)5)46-58-50(54)43-39-41-48(53)40-37-35-33-31-29-27-19-17-15-13-11-9-7-2/h15-18,21-22,24-25,27,29,33,35,37,40,49H,6-14,19-20,23,26,28,30-32,34,36,38-39,41-47H2,1-5H3/p+1/b17-15-,18-16-,22-21-,25-24-,29-27-,35-33-,40-37+/t49-/m1/s1. The molecule has 0 amide bonds. The first-order chi connectivity index (χ1) is 29.9. The number of likely N-dealkylation sites (N-methyl/N-ethyl adjacent to an activating group) is 1. The van der Waals surface area contributed by atoms with E-state index in [1.54, 1.807) is 6.08 Å². The third-order valence-electron chi connectivity index (χ3n) is 9.62. The Labute approximate surface area is 377 Å². The van der Waals surface area contributed by atoms with Crippen molar-refractivity contribution in [1.29, 1.82) is 0 Å². The summed E-state index contributed by atoms with van der Waals surface area (Å²) in [5, 5.41) is 0. The van der Waals surface area contributed by atoms with Crippen molar-refractivity contribution in [2.75, 3.05) is 47.5 Å². The summed E-state index contributed by atoms with van der Waals surface area (Å²) in [5.41, 5.74) is 0. The van der Waals surface area contributed by atoms with Crippen LogP contribution in [0.15, 0.2) is 85.1 Å². The number of unbranched alkanes of at least 4 members (excludes halogenated alkanes) is 13. The average Bonchev–Trinajstić information content (AvgIpc) is 3.22. The highest BCUT2D eigenvalue weighted by molar-refractivity contribution is 7.47. The maximum atomic E-state index is 12.7. The van der Waals surface area contributed by atoms with Gasteiger partial charge in [-0.1, -0.05) is 151 Å². The summed E-state index contributed by atoms with van der Waals surface area (Å²) in [6, 6.07) is 0. The van der Waals surface area contributed by atoms with Gasteiger partial charge in [-0.25, -0.2) is 4.57 Å². The summed E-state index contributed by atoms with van der Waals surface area (Å²) >= 11 is 0. The number of rotatable bonds is 42. The van der Waals surface area contributed by atoms with E-state index in [-0.39, 0.29) is 38.3 Å². The molecule has 10 nitrogen and oxygen atoms in total. The molecule has 0 aromatic rings. The minimum atomic E-state index is -4.44. The number of allylic oxidation sites excluding steroid dienone is 14. The molecule has 0 heterocycles. The highest BCUT2D eigenvalue weighted by Crippen LogP contribution is 2.43. The number of hydrogen-bond acceptors (Lipinski definition) is 8. The Balaban J connectivity index is 4.53. The molecule has 1 N–H and O–H groups in total. The Morgan fingerprint density at radius 1 is 0.548 bits per heavy atom. The number of esters is 2. The maximum absolute atomic E-state index is 12.7. The Hall–Kier alpha value is -3.14. The zero-order valence-corrected chi connectivity index (χ0v) is 40.5. The van der Waals surface area contributed by atoms with Gasteiger partial charge in [0.25, 0.3) is 0 Å². The summed E-state index contributed by atoms with van der Waals surface area (Å²) in [4.78, 5) is 47.7. The molecule has 11 heteroatoms. The predicted molar refractivity (Wildman–Crippen MR) is 257 cm³/mol. The monoisotopic (exact) mass is 889 g/mol. The topological polar surface area (TPSA) is 125 Å². The van der Waals surface area contributed by atoms with E-state index in [1.807, 2.05) is 33.3 Å². The van der Waals surface area contributed by atoms with E-state index < -0.39 is 32.5 Å². The average molecular weight is 889 g/mol. The van der Waals surface area contributed by atoms with Gasteiger partial charge in [-0.05, 0) is 83.1 Å². The lowest BCUT2D eigenvalue weighted by atomic mass is 10.1. The van der Waals surface area contributed by atoms with E-state index in [4.69, 9.17) is 18.5 Å². The molecular weight excluding hydrogens is 802 g/mol. The maximum Gasteiger partial charge on any atom is 0.472 e. The lowest BCUT2D eigenvalue weighted by molar-refractivity contribution is -0.870. The number of phosphoric ester groups is 1. The summed E-state index contributed by atoms with van der Waals surface area (Å²) in [6.07, 6.45) is 50.6. The SMILES string of the molecule is CCCCC/C=C\C/C=C\C/C=C\C=C\C(=O)CCCC(=O)OC[C@H](COP(=O)(O)OCC[N+](C)(C)C)OC(=O)CCCCCCCC/C=C\C/C=C\C/C=C\CCCCCC. The van der Waals surface area contributed by atoms with E-state index in [0.29, 0.717) is 23.9 Å². The Morgan fingerprint density at radius 2 is 1.03 bits per heavy atom. The van der Waals surface area contributed by atoms with Gasteiger partial charge in [0.1, 0.15) is 19.8 Å². The second-order valence-electron chi connectivity index (χ2n) is 16.8. The minimum absolute atomic E-state index is 0.00746. The molecule has 0 saturated carbocycles. The zero-order chi connectivity index (χ0) is 45.8. The first kappa shape index (κ1) is 58.9. The van der Waals surface area contributed by atoms with Crippen molar-refractivity contribution >= 4 is 25.5 Å². The fraction of sp³-hybridized carbons (Fsp3) is 0.667. The van der Waals surface area contributed by atoms with Crippen molar-refractivity contribution in [2.24, 2.45) is 0 Å². The van der Waals surface area contributed by atoms with Crippen molar-refractivity contribution < 1.29 is 46.8 Å². The third-order valence-corrected chi connectivity index (χ3v) is 10.6. The van der Waals surface area contributed by atoms with Gasteiger partial charge < -0.3 is 18.9 Å². The van der Waals surface area contributed by atoms with Gasteiger partial charge >= 0.3 is 19.8 Å². The molecule has 0 aliphatic heterocycles. The molecule has 0 radical (unpaired) electrons. The smallest absolute Gasteiger partial charge is 0.462 e. The fourth-order valence-electron chi connectivity index (χ4n) is 5.86. The van der Waals surface area contributed by atoms with Crippen LogP contribution >= 0.6 is 7.82 Å². The highest BCUT2D eigenvalue weighted by atomic mass is 31.2. The van der Waals surface area contributed by atoms with Crippen molar-refractivity contribution in [3.8, 4) is 0 Å². The van der Waals surface area contributed by atoms with Gasteiger partial charge in [-0.3, -0.25) is 23.4 Å². The predicted octanol–water partition coefficient (Wildman–Crippen LogP) is 13.1. The minimum Gasteiger partial charge on any atom is -0.462 e. The molecule has 0 fully saturated rings. The molecule has 0 aromatic heterocycles. The molecule has 2 atom stereocenters. The number of ether oxygens (including phenoxy) is 2. The van der Waals surface area contributed by atoms with Crippen LogP contribution in [0.4, 0.5) is 0 Å². The van der Waals surface area contributed by atoms with Crippen LogP contribution in [0.1, 0.15) is 168 Å². The molecule has 0 rings (SSSR count). The van der Waals surface area contributed by atoms with Crippen LogP contribution in [-0.2, 0) is 37.5 Å². The summed E-state index contributed by atoms with van der Waals surface area (Å²) in [6.45, 7) is 4.07. The largest absolute Gasteiger partial charge is 0.472 e. The van der Waals surface area contributed by atoms with Crippen molar-refractivity contribution in [1.82, 2.24) is 0 Å². The van der Waals surface area contributed by atoms with Gasteiger partial charge in [0.2, 0.25) is 0 Å². The molecule has 0 spiro atoms. The molecule has 0 saturated heterocycles. The third kappa shape index (κ3) is 44.9. The van der Waals surface area contributed by atoms with Crippen molar-refractivity contribution in [3.05, 3.63) is 85.1 Å². The second-order valence-corrected chi connectivity index (χ2v) is 18.3. The Kier molecular flexibility index (Phi) is 39.7. The number of carbonyl (C=O) groups is 3. The van der Waals surface area contributed by atoms with Gasteiger partial charge in [-0.15, -0.1) is 0 Å². The lowest BCUT2D eigenvalue weighted by Crippen LogP contribution is -2.37. The van der Waals surface area contributed by atoms with E-state index in [2.05, 4.69) is 74.6 Å². The molecule has 1 unspecified atom stereocenters. The lowest BCUT2D eigenvalue weighted by Gasteiger charge is -2.24. The number of ketones is 1. The van der Waals surface area contributed by atoms with Crippen LogP contribution in [0.25, 0.3) is 0 Å². The van der Waals surface area contributed by atoms with E-state index in [1.165, 1.54) is 57.4 Å². The van der Waals surface area contributed by atoms with Crippen LogP contribution in [0.2, 0.25) is 0 Å². The normalized spacial score (nSPS) is 14.2. The number of carbonyl (C=O) groups excluding carboxylic acids is 3. The highest BCUT2D eigenvalue weighted by Gasteiger charge is 2.27. The summed E-state index contributed by atoms with van der Waals surface area (Å²) < 4.78 is 34.1. The molecule has 62 heavy (non-hydrogen) atoms. The first-order valence-corrected chi connectivity index (χ1v) is 25.3. The first-order valence-electron chi connectivity index (χ1n) is 23.8. The molecule has 0 bridgehead atoms. The fourth-order valence-corrected chi connectivity index (χ4v) is 6.60. The van der Waals surface area contributed by atoms with Gasteiger partial charge in [-0.2, -0.15) is 0 Å². The van der Waals surface area contributed by atoms with Crippen LogP contribution in [0.3, 0.4) is 0 Å².